The summed E-state index contributed by atoms with van der Waals surface area (Å²) in [6, 6.07) is 72.1. The Labute approximate surface area is 778 Å². The van der Waals surface area contributed by atoms with Crippen LogP contribution >= 0.6 is 0 Å². The summed E-state index contributed by atoms with van der Waals surface area (Å²) in [6.45, 7) is 17.6. The summed E-state index contributed by atoms with van der Waals surface area (Å²) in [7, 11) is 1.70. The van der Waals surface area contributed by atoms with Gasteiger partial charge in [-0.15, -0.1) is 0 Å². The third kappa shape index (κ3) is 16.2. The van der Waals surface area contributed by atoms with Crippen molar-refractivity contribution in [2.75, 3.05) is 37.2 Å². The maximum atomic E-state index is 13.8. The molecular formula is C106H81N21O10. The minimum absolute atomic E-state index is 0.0213. The van der Waals surface area contributed by atoms with E-state index >= 15 is 0 Å². The number of rotatable bonds is 14. The van der Waals surface area contributed by atoms with Crippen molar-refractivity contribution >= 4 is 147 Å². The fourth-order valence-electron chi connectivity index (χ4n) is 18.0. The van der Waals surface area contributed by atoms with Crippen LogP contribution in [0.25, 0.3) is 88.6 Å². The van der Waals surface area contributed by atoms with E-state index < -0.39 is 29.1 Å². The summed E-state index contributed by atoms with van der Waals surface area (Å²) < 4.78 is 1.53. The number of aromatic amines is 3. The number of anilines is 14. The Balaban J connectivity index is 0.000000117. The highest BCUT2D eigenvalue weighted by Crippen LogP contribution is 2.48. The van der Waals surface area contributed by atoms with Gasteiger partial charge in [-0.3, -0.25) is 23.7 Å². The van der Waals surface area contributed by atoms with Crippen molar-refractivity contribution in [2.24, 2.45) is 7.05 Å². The number of hydrogen-bond acceptors (Lipinski definition) is 27. The van der Waals surface area contributed by atoms with Crippen molar-refractivity contribution in [3.05, 3.63) is 373 Å². The molecule has 6 heterocycles. The molecular weight excluding hydrogens is 1730 g/mol. The molecule has 0 fully saturated rings. The highest BCUT2D eigenvalue weighted by molar-refractivity contribution is 6.31. The first-order valence-corrected chi connectivity index (χ1v) is 43.6. The number of carbonyl (C=O) groups is 4. The van der Waals surface area contributed by atoms with Gasteiger partial charge in [0.2, 0.25) is 23.8 Å². The van der Waals surface area contributed by atoms with Gasteiger partial charge in [0.15, 0.2) is 23.1 Å². The lowest BCUT2D eigenvalue weighted by molar-refractivity contribution is 0.103. The monoisotopic (exact) mass is 1810 g/mol. The largest absolute Gasteiger partial charge is 0.479 e. The minimum Gasteiger partial charge on any atom is -0.479 e. The zero-order chi connectivity index (χ0) is 95.2. The van der Waals surface area contributed by atoms with Gasteiger partial charge in [0.1, 0.15) is 0 Å². The number of aryl methyl sites for hydroxylation is 10. The van der Waals surface area contributed by atoms with Crippen molar-refractivity contribution in [3.8, 4) is 57.1 Å². The van der Waals surface area contributed by atoms with Crippen LogP contribution in [0.3, 0.4) is 0 Å². The molecule has 0 saturated heterocycles. The molecule has 0 unspecified atom stereocenters. The van der Waals surface area contributed by atoms with Crippen LogP contribution in [0.15, 0.2) is 256 Å². The molecule has 0 saturated carbocycles. The van der Waals surface area contributed by atoms with Crippen LogP contribution < -0.4 is 60.0 Å². The molecule has 23 rings (SSSR count). The Morgan fingerprint density at radius 3 is 1.09 bits per heavy atom. The third-order valence-corrected chi connectivity index (χ3v) is 24.4. The third-order valence-electron chi connectivity index (χ3n) is 24.4. The molecule has 0 bridgehead atoms. The van der Waals surface area contributed by atoms with Crippen LogP contribution in [-0.2, 0) is 7.05 Å². The molecule has 4 aliphatic carbocycles. The van der Waals surface area contributed by atoms with Crippen molar-refractivity contribution in [1.82, 2.24) is 69.4 Å². The van der Waals surface area contributed by atoms with Gasteiger partial charge >= 0.3 is 34.8 Å². The SMILES string of the molecule is Cc1ccc(Nc2cc(C)c3c4c(nc(=O)n3C)-c3ccccc3C(=O)c24)c(C)c1.Cc1ccc(Nc2nc(O)nc(Nc3ccc(Nc4cc(C)c5[nH]c(=O)nc6c5c4C(=O)c4ccccc4-6)c(C)c3)n2)cc1.Cc1ccc(Nc2nc(O)nc(Nc3ccc(Nc4cc(C)c5[nH]c(=O)nc6c5c4C(=O)c4ccccc4-6)cc3)n2)cc1.Cc1ccc2c3c([nH]c(=O)nc13)-c1ccccc1C2=O. The molecule has 0 amide bonds. The molecule has 670 valence electrons. The second kappa shape index (κ2) is 34.6. The number of nitrogens with one attached hydrogen (secondary N) is 10. The number of ketones is 4. The van der Waals surface area contributed by atoms with E-state index in [0.29, 0.717) is 134 Å². The molecule has 19 aromatic rings. The Kier molecular flexibility index (Phi) is 21.8. The van der Waals surface area contributed by atoms with E-state index in [0.717, 1.165) is 100 Å². The zero-order valence-corrected chi connectivity index (χ0v) is 75.1. The minimum atomic E-state index is -0.464. The Hall–Kier alpha value is -18.7. The van der Waals surface area contributed by atoms with Gasteiger partial charge in [-0.2, -0.15) is 49.8 Å². The fourth-order valence-corrected chi connectivity index (χ4v) is 18.0. The fraction of sp³-hybridized carbons (Fsp3) is 0.0943. The predicted molar refractivity (Wildman–Crippen MR) is 530 cm³/mol. The molecule has 0 spiro atoms. The first-order chi connectivity index (χ1) is 66.1. The number of nitrogens with zero attached hydrogens (tertiary/aromatic N) is 11. The molecule has 12 N–H and O–H groups in total. The molecule has 31 nitrogen and oxygen atoms in total. The molecule has 13 aromatic carbocycles. The highest BCUT2D eigenvalue weighted by atomic mass is 16.3. The normalized spacial score (nSPS) is 12.0. The summed E-state index contributed by atoms with van der Waals surface area (Å²) in [5.74, 6) is 0.348. The molecule has 0 atom stereocenters. The van der Waals surface area contributed by atoms with Crippen LogP contribution in [0.1, 0.15) is 114 Å². The summed E-state index contributed by atoms with van der Waals surface area (Å²) in [5, 5.41) is 45.5. The molecule has 137 heavy (non-hydrogen) atoms. The van der Waals surface area contributed by atoms with Crippen molar-refractivity contribution in [1.29, 1.82) is 0 Å². The van der Waals surface area contributed by atoms with E-state index in [1.54, 1.807) is 49.5 Å². The summed E-state index contributed by atoms with van der Waals surface area (Å²) in [5.41, 5.74) is 26.3. The van der Waals surface area contributed by atoms with E-state index in [4.69, 9.17) is 0 Å². The zero-order valence-electron chi connectivity index (χ0n) is 75.1. The number of aromatic hydroxyl groups is 2. The number of hydrogen-bond donors (Lipinski definition) is 12. The maximum absolute atomic E-state index is 13.8. The first-order valence-electron chi connectivity index (χ1n) is 43.6. The summed E-state index contributed by atoms with van der Waals surface area (Å²) in [6.07, 6.45) is 0. The smallest absolute Gasteiger partial charge is 0.348 e. The lowest BCUT2D eigenvalue weighted by Gasteiger charge is -2.24. The average Bonchev–Trinajstić information content (AvgIpc) is 0.731. The van der Waals surface area contributed by atoms with Crippen LogP contribution in [0.5, 0.6) is 12.0 Å². The average molecular weight is 1810 g/mol. The van der Waals surface area contributed by atoms with Gasteiger partial charge in [0, 0.05) is 118 Å². The van der Waals surface area contributed by atoms with Crippen molar-refractivity contribution in [2.45, 2.75) is 62.3 Å². The van der Waals surface area contributed by atoms with Gasteiger partial charge in [-0.1, -0.05) is 156 Å². The van der Waals surface area contributed by atoms with Crippen molar-refractivity contribution < 1.29 is 29.4 Å². The lowest BCUT2D eigenvalue weighted by atomic mass is 9.84. The Bertz CT molecular complexity index is 8670. The summed E-state index contributed by atoms with van der Waals surface area (Å²) in [4.78, 5) is 153. The topological polar surface area (TPSA) is 442 Å². The number of aromatic nitrogens is 14. The molecule has 0 aliphatic heterocycles. The van der Waals surface area contributed by atoms with E-state index in [1.807, 2.05) is 243 Å². The highest BCUT2D eigenvalue weighted by Gasteiger charge is 2.36. The standard InChI is InChI=1S/C33H26N8O3.C32H24N8O3.C25H21N3O2.C16H10N2O2/c1-16-8-10-19(11-9-16)34-30-39-31(41-33(44)40-30)35-20-12-13-23(17(2)14-20)36-24-15-18(3)27-26-25(24)29(42)22-7-5-4-6-21(22)28(26)38-32(43)37-27;1-16-7-9-19(10-8-16)34-29-38-30(40-32(43)39-29)35-20-13-11-18(12-14-20)33-23-15-17(2)26-25-24(23)28(41)22-6-4-3-5-21(22)27(25)37-31(42)36-26;1-13-9-10-18(14(2)11-13)26-19-12-15(3)23-21-20(19)24(29)17-8-6-5-7-16(17)22(21)27-25(30)28(23)4;1-8-6-7-11-12-13(8)17-16(20)18-14(12)9-4-2-3-5-10(9)15(11)19/h4-15,36H,1-3H3,(H,37,38,43)(H3,34,35,39,40,41,44);3-15,33H,1-2H3,(H,36,37,42)(H3,34,35,38,39,40,43);5-12,26H,1-4H3;2-7H,1H3,(H,17,18,20). The predicted octanol–water partition coefficient (Wildman–Crippen LogP) is 19.3. The molecule has 31 heteroatoms. The van der Waals surface area contributed by atoms with Gasteiger partial charge in [0.25, 0.3) is 0 Å². The lowest BCUT2D eigenvalue weighted by Crippen LogP contribution is -2.25. The van der Waals surface area contributed by atoms with Gasteiger partial charge in [-0.05, 0) is 193 Å². The van der Waals surface area contributed by atoms with Crippen molar-refractivity contribution in [3.63, 3.8) is 0 Å². The number of fused-ring (bicyclic) bond motifs is 8. The molecule has 0 radical (unpaired) electrons. The number of carbonyl (C=O) groups excluding carboxylic acids is 4. The molecule has 6 aromatic heterocycles. The van der Waals surface area contributed by atoms with E-state index in [1.165, 1.54) is 10.1 Å². The maximum Gasteiger partial charge on any atom is 0.348 e. The van der Waals surface area contributed by atoms with Gasteiger partial charge < -0.3 is 62.4 Å². The molecule has 4 aliphatic rings. The van der Waals surface area contributed by atoms with Crippen LogP contribution in [0, 0.1) is 62.3 Å². The first kappa shape index (κ1) is 86.4. The quantitative estimate of drug-likeness (QED) is 0.0481. The summed E-state index contributed by atoms with van der Waals surface area (Å²) >= 11 is 0. The van der Waals surface area contributed by atoms with Gasteiger partial charge in [-0.25, -0.2) is 19.2 Å². The number of H-pyrrole nitrogens is 3. The van der Waals surface area contributed by atoms with E-state index in [-0.39, 0.29) is 52.6 Å². The number of benzene rings is 13. The Morgan fingerprint density at radius 2 is 0.635 bits per heavy atom. The van der Waals surface area contributed by atoms with Gasteiger partial charge in [0.05, 0.1) is 78.6 Å². The van der Waals surface area contributed by atoms with E-state index in [9.17, 15) is 48.6 Å². The second-order valence-corrected chi connectivity index (χ2v) is 33.8. The van der Waals surface area contributed by atoms with E-state index in [2.05, 4.69) is 115 Å². The van der Waals surface area contributed by atoms with Crippen LogP contribution in [-0.4, -0.2) is 103 Å². The Morgan fingerprint density at radius 1 is 0.270 bits per heavy atom. The van der Waals surface area contributed by atoms with Crippen LogP contribution in [0.4, 0.5) is 80.7 Å². The van der Waals surface area contributed by atoms with Crippen LogP contribution in [0.2, 0.25) is 0 Å². The second-order valence-electron chi connectivity index (χ2n) is 33.8.